The molecule has 0 saturated carbocycles. The molecule has 2 aromatic carbocycles. The molecule has 1 amide bonds. The van der Waals surface area contributed by atoms with E-state index in [4.69, 9.17) is 21.3 Å². The molecule has 10 heteroatoms. The van der Waals surface area contributed by atoms with Crippen molar-refractivity contribution in [2.75, 3.05) is 24.6 Å². The summed E-state index contributed by atoms with van der Waals surface area (Å²) in [5.74, 6) is -0.262. The Hall–Kier alpha value is -2.04. The average molecular weight is 534 g/mol. The second-order valence-corrected chi connectivity index (χ2v) is 12.5. The minimum absolute atomic E-state index is 0.105. The van der Waals surface area contributed by atoms with Crippen molar-refractivity contribution in [3.8, 4) is 0 Å². The topological polar surface area (TPSA) is 79.8 Å². The Labute approximate surface area is 214 Å². The predicted molar refractivity (Wildman–Crippen MR) is 139 cm³/mol. The number of hydrogen-bond donors (Lipinski definition) is 0. The van der Waals surface area contributed by atoms with Crippen LogP contribution in [0.3, 0.4) is 0 Å². The molecule has 2 aliphatic rings. The fraction of sp³-hybridized carbons (Fsp3) is 0.440. The smallest absolute Gasteiger partial charge is 0.247 e. The lowest BCUT2D eigenvalue weighted by molar-refractivity contribution is -0.122. The summed E-state index contributed by atoms with van der Waals surface area (Å²) in [7, 11) is -3.81. The van der Waals surface area contributed by atoms with Crippen LogP contribution in [0.25, 0.3) is 10.2 Å². The third kappa shape index (κ3) is 4.72. The molecule has 3 heterocycles. The van der Waals surface area contributed by atoms with Gasteiger partial charge in [0.25, 0.3) is 0 Å². The maximum atomic E-state index is 14.0. The minimum atomic E-state index is -3.81. The Morgan fingerprint density at radius 3 is 2.63 bits per heavy atom. The molecule has 0 aliphatic carbocycles. The first-order chi connectivity index (χ1) is 16.8. The summed E-state index contributed by atoms with van der Waals surface area (Å²) in [5.41, 5.74) is 2.71. The van der Waals surface area contributed by atoms with Crippen LogP contribution in [0.5, 0.6) is 0 Å². The van der Waals surface area contributed by atoms with E-state index in [-0.39, 0.29) is 16.9 Å². The van der Waals surface area contributed by atoms with Gasteiger partial charge in [-0.25, -0.2) is 13.4 Å². The maximum Gasteiger partial charge on any atom is 0.247 e. The summed E-state index contributed by atoms with van der Waals surface area (Å²) >= 11 is 7.80. The number of aryl methyl sites for hydroxylation is 2. The summed E-state index contributed by atoms with van der Waals surface area (Å²) in [6.45, 7) is 5.18. The predicted octanol–water partition coefficient (Wildman–Crippen LogP) is 4.93. The normalized spacial score (nSPS) is 21.1. The van der Waals surface area contributed by atoms with E-state index in [0.29, 0.717) is 42.7 Å². The third-order valence-corrected chi connectivity index (χ3v) is 10.2. The van der Waals surface area contributed by atoms with Gasteiger partial charge in [-0.2, -0.15) is 4.31 Å². The molecular weight excluding hydrogens is 506 g/mol. The number of nitrogens with zero attached hydrogens (tertiary/aromatic N) is 3. The van der Waals surface area contributed by atoms with Crippen molar-refractivity contribution in [1.29, 1.82) is 0 Å². The zero-order valence-electron chi connectivity index (χ0n) is 19.7. The maximum absolute atomic E-state index is 14.0. The van der Waals surface area contributed by atoms with Gasteiger partial charge in [0.05, 0.1) is 32.8 Å². The van der Waals surface area contributed by atoms with E-state index >= 15 is 0 Å². The number of amides is 1. The summed E-state index contributed by atoms with van der Waals surface area (Å²) in [6.07, 6.45) is 2.78. The molecule has 0 bridgehead atoms. The molecule has 2 saturated heterocycles. The SMILES string of the molecule is Cc1ccc(S(=O)(=O)N2CCCC2C(=O)N(CC2CCCO2)c2nc3c(C)ccc(Cl)c3s2)cc1. The van der Waals surface area contributed by atoms with Crippen LogP contribution in [0, 0.1) is 13.8 Å². The highest BCUT2D eigenvalue weighted by atomic mass is 35.5. The van der Waals surface area contributed by atoms with Gasteiger partial charge in [0.1, 0.15) is 6.04 Å². The molecule has 1 aromatic heterocycles. The van der Waals surface area contributed by atoms with Gasteiger partial charge in [-0.15, -0.1) is 0 Å². The summed E-state index contributed by atoms with van der Waals surface area (Å²) in [6, 6.07) is 9.72. The number of thiazole rings is 1. The Balaban J connectivity index is 1.51. The first-order valence-corrected chi connectivity index (χ1v) is 14.5. The van der Waals surface area contributed by atoms with Crippen LogP contribution in [0.15, 0.2) is 41.3 Å². The van der Waals surface area contributed by atoms with E-state index in [9.17, 15) is 13.2 Å². The van der Waals surface area contributed by atoms with Crippen molar-refractivity contribution >= 4 is 54.2 Å². The molecule has 2 atom stereocenters. The van der Waals surface area contributed by atoms with Crippen molar-refractivity contribution in [2.24, 2.45) is 0 Å². The number of hydrogen-bond acceptors (Lipinski definition) is 6. The monoisotopic (exact) mass is 533 g/mol. The number of sulfonamides is 1. The first-order valence-electron chi connectivity index (χ1n) is 11.8. The van der Waals surface area contributed by atoms with Crippen molar-refractivity contribution in [2.45, 2.75) is 56.6 Å². The molecular formula is C25H28ClN3O4S2. The molecule has 0 radical (unpaired) electrons. The van der Waals surface area contributed by atoms with Gasteiger partial charge < -0.3 is 4.74 Å². The number of anilines is 1. The first kappa shape index (κ1) is 24.6. The fourth-order valence-electron chi connectivity index (χ4n) is 4.76. The lowest BCUT2D eigenvalue weighted by Crippen LogP contribution is -2.49. The zero-order chi connectivity index (χ0) is 24.7. The molecule has 7 nitrogen and oxygen atoms in total. The number of halogens is 1. The second-order valence-electron chi connectivity index (χ2n) is 9.21. The lowest BCUT2D eigenvalue weighted by Gasteiger charge is -2.29. The minimum Gasteiger partial charge on any atom is -0.376 e. The van der Waals surface area contributed by atoms with Crippen molar-refractivity contribution in [1.82, 2.24) is 9.29 Å². The van der Waals surface area contributed by atoms with Gasteiger partial charge in [-0.1, -0.05) is 46.7 Å². The van der Waals surface area contributed by atoms with Crippen LogP contribution in [0.2, 0.25) is 5.02 Å². The highest BCUT2D eigenvalue weighted by Gasteiger charge is 2.42. The Bertz CT molecular complexity index is 1310. The number of aromatic nitrogens is 1. The number of ether oxygens (including phenoxy) is 1. The molecule has 2 unspecified atom stereocenters. The van der Waals surface area contributed by atoms with Crippen molar-refractivity contribution in [3.05, 3.63) is 52.5 Å². The molecule has 35 heavy (non-hydrogen) atoms. The van der Waals surface area contributed by atoms with Gasteiger partial charge in [0.2, 0.25) is 15.9 Å². The second kappa shape index (κ2) is 9.78. The van der Waals surface area contributed by atoms with Crippen LogP contribution < -0.4 is 4.90 Å². The fourth-order valence-corrected chi connectivity index (χ4v) is 7.74. The quantitative estimate of drug-likeness (QED) is 0.449. The average Bonchev–Trinajstić information content (AvgIpc) is 3.60. The Morgan fingerprint density at radius 1 is 1.17 bits per heavy atom. The summed E-state index contributed by atoms with van der Waals surface area (Å²) in [5, 5.41) is 1.11. The van der Waals surface area contributed by atoms with Crippen LogP contribution >= 0.6 is 22.9 Å². The van der Waals surface area contributed by atoms with E-state index in [1.165, 1.54) is 15.6 Å². The Kier molecular flexibility index (Phi) is 6.89. The van der Waals surface area contributed by atoms with E-state index in [1.54, 1.807) is 29.2 Å². The van der Waals surface area contributed by atoms with Crippen molar-refractivity contribution < 1.29 is 17.9 Å². The number of carbonyl (C=O) groups excluding carboxylic acids is 1. The van der Waals surface area contributed by atoms with E-state index in [2.05, 4.69) is 0 Å². The highest BCUT2D eigenvalue weighted by molar-refractivity contribution is 7.89. The molecule has 2 aliphatic heterocycles. The van der Waals surface area contributed by atoms with Crippen LogP contribution in [-0.4, -0.2) is 55.5 Å². The summed E-state index contributed by atoms with van der Waals surface area (Å²) < 4.78 is 35.0. The number of rotatable bonds is 6. The van der Waals surface area contributed by atoms with Gasteiger partial charge >= 0.3 is 0 Å². The molecule has 3 aromatic rings. The number of benzene rings is 2. The van der Waals surface area contributed by atoms with Gasteiger partial charge in [0.15, 0.2) is 5.13 Å². The molecule has 5 rings (SSSR count). The van der Waals surface area contributed by atoms with E-state index in [0.717, 1.165) is 34.2 Å². The largest absolute Gasteiger partial charge is 0.376 e. The standard InChI is InChI=1S/C25H28ClN3O4S2/c1-16-7-10-19(11-8-16)35(31,32)29-13-3-6-21(29)24(30)28(15-18-5-4-14-33-18)25-27-22-17(2)9-12-20(26)23(22)34-25/h7-12,18,21H,3-6,13-15H2,1-2H3. The van der Waals surface area contributed by atoms with Crippen LogP contribution in [0.4, 0.5) is 5.13 Å². The highest BCUT2D eigenvalue weighted by Crippen LogP contribution is 2.37. The number of fused-ring (bicyclic) bond motifs is 1. The molecule has 186 valence electrons. The van der Waals surface area contributed by atoms with Gasteiger partial charge in [0, 0.05) is 13.2 Å². The Morgan fingerprint density at radius 2 is 1.94 bits per heavy atom. The molecule has 0 N–H and O–H groups in total. The van der Waals surface area contributed by atoms with Crippen LogP contribution in [-0.2, 0) is 19.6 Å². The number of carbonyl (C=O) groups is 1. The van der Waals surface area contributed by atoms with E-state index in [1.807, 2.05) is 26.0 Å². The molecule has 2 fully saturated rings. The van der Waals surface area contributed by atoms with Crippen LogP contribution in [0.1, 0.15) is 36.8 Å². The van der Waals surface area contributed by atoms with Gasteiger partial charge in [-0.05, 0) is 63.3 Å². The van der Waals surface area contributed by atoms with Crippen molar-refractivity contribution in [3.63, 3.8) is 0 Å². The zero-order valence-corrected chi connectivity index (χ0v) is 22.1. The summed E-state index contributed by atoms with van der Waals surface area (Å²) in [4.78, 5) is 20.6. The third-order valence-electron chi connectivity index (χ3n) is 6.71. The van der Waals surface area contributed by atoms with Gasteiger partial charge in [-0.3, -0.25) is 9.69 Å². The lowest BCUT2D eigenvalue weighted by atomic mass is 10.2. The molecule has 0 spiro atoms. The van der Waals surface area contributed by atoms with E-state index < -0.39 is 16.1 Å².